The summed E-state index contributed by atoms with van der Waals surface area (Å²) in [6, 6.07) is 9.89. The Morgan fingerprint density at radius 3 is 2.47 bits per heavy atom. The van der Waals surface area contributed by atoms with E-state index in [-0.39, 0.29) is 11.6 Å². The van der Waals surface area contributed by atoms with Crippen molar-refractivity contribution in [3.8, 4) is 11.1 Å². The van der Waals surface area contributed by atoms with E-state index in [0.29, 0.717) is 39.7 Å². The summed E-state index contributed by atoms with van der Waals surface area (Å²) in [5.74, 6) is -2.49. The minimum Gasteiger partial charge on any atom is -0.301 e. The third kappa shape index (κ3) is 5.23. The highest BCUT2D eigenvalue weighted by molar-refractivity contribution is 7.90. The summed E-state index contributed by atoms with van der Waals surface area (Å²) in [5.41, 5.74) is 2.10. The molecule has 1 saturated heterocycles. The van der Waals surface area contributed by atoms with Crippen molar-refractivity contribution >= 4 is 20.7 Å². The van der Waals surface area contributed by atoms with Gasteiger partial charge in [-0.1, -0.05) is 6.07 Å². The normalized spacial score (nSPS) is 15.4. The first-order chi connectivity index (χ1) is 18.1. The Kier molecular flexibility index (Phi) is 7.11. The fourth-order valence-corrected chi connectivity index (χ4v) is 6.39. The average Bonchev–Trinajstić information content (AvgIpc) is 2.88. The lowest BCUT2D eigenvalue weighted by molar-refractivity contribution is 0.150. The van der Waals surface area contributed by atoms with Crippen LogP contribution in [0, 0.1) is 11.6 Å². The largest absolute Gasteiger partial charge is 0.301 e. The van der Waals surface area contributed by atoms with Gasteiger partial charge in [0.15, 0.2) is 9.84 Å². The predicted molar refractivity (Wildman–Crippen MR) is 141 cm³/mol. The Morgan fingerprint density at radius 2 is 1.76 bits per heavy atom. The van der Waals surface area contributed by atoms with Gasteiger partial charge in [-0.2, -0.15) is 0 Å². The summed E-state index contributed by atoms with van der Waals surface area (Å²) in [7, 11) is -4.08. The Labute approximate surface area is 219 Å². The highest BCUT2D eigenvalue weighted by Gasteiger charge is 2.24. The van der Waals surface area contributed by atoms with Gasteiger partial charge in [0.1, 0.15) is 16.5 Å². The molecule has 0 atom stereocenters. The van der Waals surface area contributed by atoms with Gasteiger partial charge in [-0.05, 0) is 68.1 Å². The van der Waals surface area contributed by atoms with Crippen LogP contribution in [0.1, 0.15) is 38.3 Å². The van der Waals surface area contributed by atoms with Gasteiger partial charge >= 0.3 is 0 Å². The minimum absolute atomic E-state index is 0.0834. The molecule has 2 aromatic carbocycles. The third-order valence-corrected chi connectivity index (χ3v) is 8.83. The number of piperidine rings is 1. The molecule has 0 saturated carbocycles. The van der Waals surface area contributed by atoms with Crippen molar-refractivity contribution in [2.24, 2.45) is 0 Å². The first kappa shape index (κ1) is 26.1. The molecule has 0 N–H and O–H groups in total. The molecule has 0 radical (unpaired) electrons. The summed E-state index contributed by atoms with van der Waals surface area (Å²) in [4.78, 5) is 24.0. The molecule has 0 spiro atoms. The second-order valence-corrected chi connectivity index (χ2v) is 11.9. The van der Waals surface area contributed by atoms with Gasteiger partial charge < -0.3 is 4.90 Å². The fourth-order valence-electron chi connectivity index (χ4n) is 5.00. The van der Waals surface area contributed by atoms with E-state index in [1.807, 2.05) is 0 Å². The van der Waals surface area contributed by atoms with Crippen LogP contribution in [0.5, 0.6) is 0 Å². The number of pyridine rings is 1. The molecule has 1 aliphatic heterocycles. The van der Waals surface area contributed by atoms with Crippen molar-refractivity contribution < 1.29 is 17.2 Å². The topological polar surface area (TPSA) is 85.2 Å². The number of fused-ring (bicyclic) bond motifs is 1. The Morgan fingerprint density at radius 1 is 1.00 bits per heavy atom. The number of sulfone groups is 1. The van der Waals surface area contributed by atoms with Crippen LogP contribution in [-0.2, 0) is 15.6 Å². The van der Waals surface area contributed by atoms with Crippen LogP contribution in [-0.4, -0.2) is 47.0 Å². The lowest BCUT2D eigenvalue weighted by Gasteiger charge is -2.35. The van der Waals surface area contributed by atoms with E-state index >= 15 is 0 Å². The molecule has 1 aliphatic rings. The smallest absolute Gasteiger partial charge is 0.261 e. The van der Waals surface area contributed by atoms with Crippen molar-refractivity contribution in [2.75, 3.05) is 13.1 Å². The van der Waals surface area contributed by atoms with E-state index in [4.69, 9.17) is 0 Å². The van der Waals surface area contributed by atoms with Gasteiger partial charge in [-0.15, -0.1) is 0 Å². The maximum atomic E-state index is 14.1. The summed E-state index contributed by atoms with van der Waals surface area (Å²) >= 11 is 0. The number of rotatable bonds is 6. The first-order valence-electron chi connectivity index (χ1n) is 12.5. The summed E-state index contributed by atoms with van der Waals surface area (Å²) in [5, 5.41) is 0.475. The lowest BCUT2D eigenvalue weighted by atomic mass is 10.0. The van der Waals surface area contributed by atoms with E-state index in [0.717, 1.165) is 38.1 Å². The molecule has 0 bridgehead atoms. The van der Waals surface area contributed by atoms with Gasteiger partial charge in [0.2, 0.25) is 0 Å². The zero-order valence-corrected chi connectivity index (χ0v) is 22.0. The standard InChI is InChI=1S/C28H28F2N4O3S/c1-18(2)33-9-7-23(8-10-33)34-17-32-26-5-3-20(12-24(26)28(34)35)21-11-19(14-31-15-21)16-38(36,37)27-6-4-22(29)13-25(27)30/h3-6,11-15,17-18,23H,7-10,16H2,1-2H3. The number of nitrogens with zero attached hydrogens (tertiary/aromatic N) is 4. The number of likely N-dealkylation sites (tertiary alicyclic amines) is 1. The quantitative estimate of drug-likeness (QED) is 0.329. The number of hydrogen-bond donors (Lipinski definition) is 0. The van der Waals surface area contributed by atoms with E-state index in [1.165, 1.54) is 6.20 Å². The molecular formula is C28H28F2N4O3S. The first-order valence-corrected chi connectivity index (χ1v) is 14.1. The van der Waals surface area contributed by atoms with E-state index in [2.05, 4.69) is 28.7 Å². The highest BCUT2D eigenvalue weighted by Crippen LogP contribution is 2.27. The minimum atomic E-state index is -4.08. The molecule has 0 unspecified atom stereocenters. The predicted octanol–water partition coefficient (Wildman–Crippen LogP) is 4.76. The molecule has 10 heteroatoms. The molecule has 198 valence electrons. The molecule has 0 amide bonds. The average molecular weight is 539 g/mol. The monoisotopic (exact) mass is 538 g/mol. The lowest BCUT2D eigenvalue weighted by Crippen LogP contribution is -2.40. The van der Waals surface area contributed by atoms with Crippen LogP contribution in [0.4, 0.5) is 8.78 Å². The van der Waals surface area contributed by atoms with Crippen LogP contribution in [0.3, 0.4) is 0 Å². The summed E-state index contributed by atoms with van der Waals surface area (Å²) in [6.45, 7) is 6.20. The molecular weight excluding hydrogens is 510 g/mol. The third-order valence-electron chi connectivity index (χ3n) is 7.12. The second-order valence-electron chi connectivity index (χ2n) is 9.97. The SMILES string of the molecule is CC(C)N1CCC(n2cnc3ccc(-c4cncc(CS(=O)(=O)c5ccc(F)cc5F)c4)cc3c2=O)CC1. The van der Waals surface area contributed by atoms with E-state index in [1.54, 1.807) is 41.4 Å². The van der Waals surface area contributed by atoms with Crippen LogP contribution >= 0.6 is 0 Å². The molecule has 7 nitrogen and oxygen atoms in total. The van der Waals surface area contributed by atoms with Gasteiger partial charge in [0, 0.05) is 49.2 Å². The van der Waals surface area contributed by atoms with E-state index < -0.39 is 32.1 Å². The van der Waals surface area contributed by atoms with Crippen molar-refractivity contribution in [3.63, 3.8) is 0 Å². The van der Waals surface area contributed by atoms with Crippen molar-refractivity contribution in [3.05, 3.63) is 88.7 Å². The van der Waals surface area contributed by atoms with Gasteiger partial charge in [-0.25, -0.2) is 22.2 Å². The Hall–Kier alpha value is -3.50. The second kappa shape index (κ2) is 10.3. The van der Waals surface area contributed by atoms with Crippen molar-refractivity contribution in [2.45, 2.75) is 49.4 Å². The maximum Gasteiger partial charge on any atom is 0.261 e. The molecule has 1 fully saturated rings. The zero-order valence-electron chi connectivity index (χ0n) is 21.1. The maximum absolute atomic E-state index is 14.1. The van der Waals surface area contributed by atoms with Gasteiger partial charge in [0.25, 0.3) is 5.56 Å². The van der Waals surface area contributed by atoms with Crippen molar-refractivity contribution in [1.29, 1.82) is 0 Å². The molecule has 0 aliphatic carbocycles. The number of hydrogen-bond acceptors (Lipinski definition) is 6. The zero-order chi connectivity index (χ0) is 27.0. The fraction of sp³-hybridized carbons (Fsp3) is 0.321. The van der Waals surface area contributed by atoms with Crippen LogP contribution in [0.2, 0.25) is 0 Å². The Balaban J connectivity index is 1.44. The summed E-state index contributed by atoms with van der Waals surface area (Å²) in [6.07, 6.45) is 6.34. The molecule has 2 aromatic heterocycles. The Bertz CT molecular complexity index is 1660. The van der Waals surface area contributed by atoms with Gasteiger partial charge in [-0.3, -0.25) is 14.3 Å². The van der Waals surface area contributed by atoms with Crippen LogP contribution in [0.25, 0.3) is 22.0 Å². The van der Waals surface area contributed by atoms with Gasteiger partial charge in [0.05, 0.1) is 23.0 Å². The number of benzene rings is 2. The molecule has 38 heavy (non-hydrogen) atoms. The molecule has 5 rings (SSSR count). The van der Waals surface area contributed by atoms with Crippen molar-refractivity contribution in [1.82, 2.24) is 19.4 Å². The molecule has 3 heterocycles. The number of aromatic nitrogens is 3. The van der Waals surface area contributed by atoms with Crippen LogP contribution < -0.4 is 5.56 Å². The highest BCUT2D eigenvalue weighted by atomic mass is 32.2. The molecule has 4 aromatic rings. The van der Waals surface area contributed by atoms with Crippen LogP contribution in [0.15, 0.2) is 70.9 Å². The van der Waals surface area contributed by atoms with E-state index in [9.17, 15) is 22.0 Å². The summed E-state index contributed by atoms with van der Waals surface area (Å²) < 4.78 is 54.7. The number of halogens is 2.